The molecule has 25 heavy (non-hydrogen) atoms. The van der Waals surface area contributed by atoms with Gasteiger partial charge in [0, 0.05) is 29.3 Å². The standard InChI is InChI=1S/C16H13ClF2N2O4/c17-10-4-5-14(21(23)24)15(8-10)25-9-16(22)20-7-6-11-12(18)2-1-3-13(11)19/h1-5,8H,6-7,9H2,(H,20,22). The lowest BCUT2D eigenvalue weighted by atomic mass is 10.1. The quantitative estimate of drug-likeness (QED) is 0.599. The van der Waals surface area contributed by atoms with Gasteiger partial charge in [-0.3, -0.25) is 14.9 Å². The Hall–Kier alpha value is -2.74. The number of amides is 1. The molecule has 0 fully saturated rings. The van der Waals surface area contributed by atoms with E-state index >= 15 is 0 Å². The summed E-state index contributed by atoms with van der Waals surface area (Å²) in [6.07, 6.45) is -0.0401. The first-order valence-electron chi connectivity index (χ1n) is 7.15. The minimum atomic E-state index is -0.694. The highest BCUT2D eigenvalue weighted by atomic mass is 35.5. The van der Waals surface area contributed by atoms with Crippen LogP contribution in [0.15, 0.2) is 36.4 Å². The van der Waals surface area contributed by atoms with Crippen molar-refractivity contribution < 1.29 is 23.2 Å². The van der Waals surface area contributed by atoms with Crippen molar-refractivity contribution >= 4 is 23.2 Å². The smallest absolute Gasteiger partial charge is 0.311 e. The second kappa shape index (κ2) is 8.39. The predicted octanol–water partition coefficient (Wildman–Crippen LogP) is 3.26. The fourth-order valence-electron chi connectivity index (χ4n) is 2.05. The molecule has 2 rings (SSSR count). The monoisotopic (exact) mass is 370 g/mol. The third-order valence-corrected chi connectivity index (χ3v) is 3.47. The third-order valence-electron chi connectivity index (χ3n) is 3.24. The zero-order chi connectivity index (χ0) is 18.4. The van der Waals surface area contributed by atoms with Crippen LogP contribution in [0.5, 0.6) is 5.75 Å². The Kier molecular flexibility index (Phi) is 6.24. The van der Waals surface area contributed by atoms with Crippen molar-refractivity contribution in [1.82, 2.24) is 5.32 Å². The van der Waals surface area contributed by atoms with Crippen LogP contribution in [0.4, 0.5) is 14.5 Å². The Morgan fingerprint density at radius 3 is 2.56 bits per heavy atom. The largest absolute Gasteiger partial charge is 0.477 e. The number of nitro benzene ring substituents is 1. The summed E-state index contributed by atoms with van der Waals surface area (Å²) in [5.74, 6) is -2.13. The van der Waals surface area contributed by atoms with Gasteiger partial charge in [-0.1, -0.05) is 17.7 Å². The number of ether oxygens (including phenoxy) is 1. The Morgan fingerprint density at radius 2 is 1.92 bits per heavy atom. The van der Waals surface area contributed by atoms with Gasteiger partial charge in [0.05, 0.1) is 4.92 Å². The van der Waals surface area contributed by atoms with E-state index in [1.165, 1.54) is 18.2 Å². The molecule has 6 nitrogen and oxygen atoms in total. The van der Waals surface area contributed by atoms with Crippen molar-refractivity contribution in [3.8, 4) is 5.75 Å². The molecule has 1 amide bonds. The Morgan fingerprint density at radius 1 is 1.24 bits per heavy atom. The molecule has 0 atom stereocenters. The Bertz CT molecular complexity index is 781. The summed E-state index contributed by atoms with van der Waals surface area (Å²) in [5, 5.41) is 13.5. The summed E-state index contributed by atoms with van der Waals surface area (Å²) in [5.41, 5.74) is -0.458. The van der Waals surface area contributed by atoms with E-state index in [4.69, 9.17) is 16.3 Å². The molecule has 132 valence electrons. The molecule has 0 unspecified atom stereocenters. The molecule has 0 aromatic heterocycles. The lowest BCUT2D eigenvalue weighted by molar-refractivity contribution is -0.385. The number of carbonyl (C=O) groups excluding carboxylic acids is 1. The molecule has 9 heteroatoms. The van der Waals surface area contributed by atoms with E-state index in [1.807, 2.05) is 0 Å². The minimum absolute atomic E-state index is 0.0162. The normalized spacial score (nSPS) is 10.4. The number of benzene rings is 2. The zero-order valence-corrected chi connectivity index (χ0v) is 13.6. The molecule has 2 aromatic carbocycles. The molecular formula is C16H13ClF2N2O4. The summed E-state index contributed by atoms with van der Waals surface area (Å²) in [6, 6.07) is 7.22. The summed E-state index contributed by atoms with van der Waals surface area (Å²) in [4.78, 5) is 21.9. The third kappa shape index (κ3) is 5.12. The average Bonchev–Trinajstić information content (AvgIpc) is 2.55. The second-order valence-corrected chi connectivity index (χ2v) is 5.39. The maximum absolute atomic E-state index is 13.4. The SMILES string of the molecule is O=C(COc1cc(Cl)ccc1[N+](=O)[O-])NCCc1c(F)cccc1F. The molecule has 0 aliphatic carbocycles. The van der Waals surface area contributed by atoms with Gasteiger partial charge in [0.2, 0.25) is 0 Å². The topological polar surface area (TPSA) is 81.5 Å². The molecule has 0 spiro atoms. The lowest BCUT2D eigenvalue weighted by Gasteiger charge is -2.09. The number of hydrogen-bond acceptors (Lipinski definition) is 4. The fraction of sp³-hybridized carbons (Fsp3) is 0.188. The molecule has 0 saturated heterocycles. The summed E-state index contributed by atoms with van der Waals surface area (Å²) in [7, 11) is 0. The number of nitro groups is 1. The van der Waals surface area contributed by atoms with Crippen LogP contribution in [-0.2, 0) is 11.2 Å². The maximum atomic E-state index is 13.4. The highest BCUT2D eigenvalue weighted by Crippen LogP contribution is 2.29. The molecule has 0 bridgehead atoms. The van der Waals surface area contributed by atoms with Gasteiger partial charge in [-0.15, -0.1) is 0 Å². The Labute approximate surface area is 146 Å². The predicted molar refractivity (Wildman–Crippen MR) is 86.7 cm³/mol. The number of nitrogens with zero attached hydrogens (tertiary/aromatic N) is 1. The van der Waals surface area contributed by atoms with E-state index in [0.717, 1.165) is 18.2 Å². The summed E-state index contributed by atoms with van der Waals surface area (Å²) < 4.78 is 32.0. The van der Waals surface area contributed by atoms with Gasteiger partial charge in [0.15, 0.2) is 12.4 Å². The number of rotatable bonds is 7. The fourth-order valence-corrected chi connectivity index (χ4v) is 2.21. The Balaban J connectivity index is 1.87. The first-order chi connectivity index (χ1) is 11.9. The molecule has 0 saturated carbocycles. The van der Waals surface area contributed by atoms with E-state index in [1.54, 1.807) is 0 Å². The summed E-state index contributed by atoms with van der Waals surface area (Å²) >= 11 is 5.74. The highest BCUT2D eigenvalue weighted by Gasteiger charge is 2.16. The van der Waals surface area contributed by atoms with Crippen LogP contribution in [0.3, 0.4) is 0 Å². The molecule has 1 N–H and O–H groups in total. The molecule has 2 aromatic rings. The van der Waals surface area contributed by atoms with E-state index < -0.39 is 29.1 Å². The van der Waals surface area contributed by atoms with Crippen LogP contribution in [0.2, 0.25) is 5.02 Å². The van der Waals surface area contributed by atoms with Crippen LogP contribution in [0, 0.1) is 21.7 Å². The van der Waals surface area contributed by atoms with Crippen LogP contribution >= 0.6 is 11.6 Å². The van der Waals surface area contributed by atoms with Crippen LogP contribution in [0.25, 0.3) is 0 Å². The number of nitrogens with one attached hydrogen (secondary N) is 1. The first kappa shape index (κ1) is 18.6. The van der Waals surface area contributed by atoms with Crippen molar-refractivity contribution in [3.63, 3.8) is 0 Å². The number of halogens is 3. The van der Waals surface area contributed by atoms with Crippen LogP contribution in [-0.4, -0.2) is 24.0 Å². The maximum Gasteiger partial charge on any atom is 0.311 e. The first-order valence-corrected chi connectivity index (χ1v) is 7.52. The van der Waals surface area contributed by atoms with Crippen molar-refractivity contribution in [2.75, 3.05) is 13.2 Å². The van der Waals surface area contributed by atoms with Crippen molar-refractivity contribution in [1.29, 1.82) is 0 Å². The van der Waals surface area contributed by atoms with Gasteiger partial charge >= 0.3 is 5.69 Å². The molecular weight excluding hydrogens is 358 g/mol. The van der Waals surface area contributed by atoms with Crippen molar-refractivity contribution in [2.24, 2.45) is 0 Å². The van der Waals surface area contributed by atoms with Crippen molar-refractivity contribution in [2.45, 2.75) is 6.42 Å². The van der Waals surface area contributed by atoms with Gasteiger partial charge in [0.1, 0.15) is 11.6 Å². The lowest BCUT2D eigenvalue weighted by Crippen LogP contribution is -2.31. The average molecular weight is 371 g/mol. The summed E-state index contributed by atoms with van der Waals surface area (Å²) in [6.45, 7) is -0.515. The van der Waals surface area contributed by atoms with E-state index in [-0.39, 0.29) is 35.0 Å². The van der Waals surface area contributed by atoms with E-state index in [2.05, 4.69) is 5.32 Å². The van der Waals surface area contributed by atoms with Gasteiger partial charge in [-0.25, -0.2) is 8.78 Å². The van der Waals surface area contributed by atoms with Gasteiger partial charge in [-0.2, -0.15) is 0 Å². The van der Waals surface area contributed by atoms with Gasteiger partial charge in [-0.05, 0) is 24.6 Å². The number of carbonyl (C=O) groups is 1. The van der Waals surface area contributed by atoms with Crippen LogP contribution in [0.1, 0.15) is 5.56 Å². The molecule has 0 radical (unpaired) electrons. The van der Waals surface area contributed by atoms with E-state index in [0.29, 0.717) is 0 Å². The molecule has 0 aliphatic rings. The zero-order valence-electron chi connectivity index (χ0n) is 12.8. The van der Waals surface area contributed by atoms with Crippen LogP contribution < -0.4 is 10.1 Å². The molecule has 0 heterocycles. The second-order valence-electron chi connectivity index (χ2n) is 4.96. The molecule has 0 aliphatic heterocycles. The van der Waals surface area contributed by atoms with E-state index in [9.17, 15) is 23.7 Å². The number of hydrogen-bond donors (Lipinski definition) is 1. The highest BCUT2D eigenvalue weighted by molar-refractivity contribution is 6.30. The van der Waals surface area contributed by atoms with Gasteiger partial charge in [0.25, 0.3) is 5.91 Å². The van der Waals surface area contributed by atoms with Crippen molar-refractivity contribution in [3.05, 3.63) is 68.7 Å². The van der Waals surface area contributed by atoms with Gasteiger partial charge < -0.3 is 10.1 Å². The minimum Gasteiger partial charge on any atom is -0.477 e.